The Labute approximate surface area is 243 Å². The molecule has 1 fully saturated rings. The average Bonchev–Trinajstić information content (AvgIpc) is 2.97. The van der Waals surface area contributed by atoms with E-state index in [2.05, 4.69) is 4.98 Å². The van der Waals surface area contributed by atoms with Crippen molar-refractivity contribution in [3.8, 4) is 11.5 Å². The Hall–Kier alpha value is -4.72. The monoisotopic (exact) mass is 563 g/mol. The Balaban J connectivity index is 1.49. The minimum atomic E-state index is -0.639. The minimum absolute atomic E-state index is 0.0317. The van der Waals surface area contributed by atoms with Gasteiger partial charge in [-0.05, 0) is 40.7 Å². The van der Waals surface area contributed by atoms with Crippen molar-refractivity contribution in [2.24, 2.45) is 16.3 Å². The molecular weight excluding hydrogens is 530 g/mol. The van der Waals surface area contributed by atoms with Crippen LogP contribution < -0.4 is 20.7 Å². The SMILES string of the molecule is COc1cc(C2c3c(n(Cc4ccccc4)c(=O)[nH]c3=O)N=C3CC(C)(C)CC(=O)C32)ccc1OCc1ccccc1. The van der Waals surface area contributed by atoms with Gasteiger partial charge in [0, 0.05) is 18.1 Å². The molecule has 2 aliphatic rings. The van der Waals surface area contributed by atoms with Gasteiger partial charge in [0.25, 0.3) is 5.56 Å². The summed E-state index contributed by atoms with van der Waals surface area (Å²) in [6.07, 6.45) is 0.959. The number of carbonyl (C=O) groups is 1. The number of benzene rings is 3. The van der Waals surface area contributed by atoms with Crippen LogP contribution in [0.25, 0.3) is 0 Å². The zero-order valence-electron chi connectivity index (χ0n) is 23.9. The Morgan fingerprint density at radius 3 is 2.26 bits per heavy atom. The average molecular weight is 564 g/mol. The predicted molar refractivity (Wildman–Crippen MR) is 161 cm³/mol. The van der Waals surface area contributed by atoms with Crippen LogP contribution >= 0.6 is 0 Å². The van der Waals surface area contributed by atoms with Crippen molar-refractivity contribution in [1.82, 2.24) is 9.55 Å². The van der Waals surface area contributed by atoms with Crippen molar-refractivity contribution >= 4 is 17.3 Å². The van der Waals surface area contributed by atoms with E-state index in [1.807, 2.05) is 92.7 Å². The standard InChI is InChI=1S/C34H33N3O5/c1-34(2)17-24-29(25(38)18-34)28(23-14-15-26(27(16-23)41-3)42-20-22-12-8-5-9-13-22)30-31(35-24)37(33(40)36-32(30)39)19-21-10-6-4-7-11-21/h4-16,28-29H,17-20H2,1-3H3,(H,36,39,40). The maximum Gasteiger partial charge on any atom is 0.330 e. The van der Waals surface area contributed by atoms with Gasteiger partial charge in [0.2, 0.25) is 0 Å². The van der Waals surface area contributed by atoms with E-state index in [0.29, 0.717) is 48.0 Å². The normalized spacial score (nSPS) is 18.9. The fraction of sp³-hybridized carbons (Fsp3) is 0.294. The summed E-state index contributed by atoms with van der Waals surface area (Å²) in [6, 6.07) is 24.9. The number of hydrogen-bond donors (Lipinski definition) is 1. The number of aromatic amines is 1. The van der Waals surface area contributed by atoms with Gasteiger partial charge in [0.05, 0.1) is 25.1 Å². The van der Waals surface area contributed by atoms with Gasteiger partial charge in [0.15, 0.2) is 11.5 Å². The highest BCUT2D eigenvalue weighted by molar-refractivity contribution is 6.11. The Morgan fingerprint density at radius 2 is 1.57 bits per heavy atom. The van der Waals surface area contributed by atoms with E-state index in [0.717, 1.165) is 16.7 Å². The molecule has 1 aliphatic heterocycles. The number of nitrogens with one attached hydrogen (secondary N) is 1. The quantitative estimate of drug-likeness (QED) is 0.325. The van der Waals surface area contributed by atoms with Crippen molar-refractivity contribution in [1.29, 1.82) is 0 Å². The number of nitrogens with zero attached hydrogens (tertiary/aromatic N) is 2. The van der Waals surface area contributed by atoms with Gasteiger partial charge < -0.3 is 9.47 Å². The van der Waals surface area contributed by atoms with E-state index in [4.69, 9.17) is 14.5 Å². The first-order valence-corrected chi connectivity index (χ1v) is 14.1. The van der Waals surface area contributed by atoms with Gasteiger partial charge in [0.1, 0.15) is 18.2 Å². The molecule has 4 aromatic rings. The van der Waals surface area contributed by atoms with Crippen molar-refractivity contribution in [2.75, 3.05) is 7.11 Å². The molecule has 2 unspecified atom stereocenters. The highest BCUT2D eigenvalue weighted by Crippen LogP contribution is 2.48. The lowest BCUT2D eigenvalue weighted by Crippen LogP contribution is -2.46. The van der Waals surface area contributed by atoms with Gasteiger partial charge in [-0.3, -0.25) is 19.1 Å². The molecule has 8 nitrogen and oxygen atoms in total. The number of aliphatic imine (C=N–C) groups is 1. The lowest BCUT2D eigenvalue weighted by atomic mass is 9.64. The number of fused-ring (bicyclic) bond motifs is 2. The lowest BCUT2D eigenvalue weighted by molar-refractivity contribution is -0.124. The van der Waals surface area contributed by atoms with E-state index in [1.54, 1.807) is 7.11 Å². The molecule has 3 aromatic carbocycles. The van der Waals surface area contributed by atoms with E-state index in [9.17, 15) is 14.4 Å². The lowest BCUT2D eigenvalue weighted by Gasteiger charge is -2.41. The summed E-state index contributed by atoms with van der Waals surface area (Å²) in [5.41, 5.74) is 2.30. The number of aromatic nitrogens is 2. The topological polar surface area (TPSA) is 103 Å². The first kappa shape index (κ1) is 27.4. The number of ketones is 1. The molecule has 1 aromatic heterocycles. The molecule has 2 heterocycles. The minimum Gasteiger partial charge on any atom is -0.493 e. The van der Waals surface area contributed by atoms with Gasteiger partial charge in [-0.2, -0.15) is 0 Å². The molecule has 6 rings (SSSR count). The number of ether oxygens (including phenoxy) is 2. The number of H-pyrrole nitrogens is 1. The number of Topliss-reactive ketones (excluding diaryl/α,β-unsaturated/α-hetero) is 1. The van der Waals surface area contributed by atoms with Gasteiger partial charge in [-0.25, -0.2) is 9.79 Å². The third-order valence-corrected chi connectivity index (χ3v) is 8.09. The fourth-order valence-corrected chi connectivity index (χ4v) is 6.20. The van der Waals surface area contributed by atoms with Crippen LogP contribution in [0.2, 0.25) is 0 Å². The molecule has 0 saturated heterocycles. The highest BCUT2D eigenvalue weighted by Gasteiger charge is 2.47. The molecule has 42 heavy (non-hydrogen) atoms. The molecule has 214 valence electrons. The van der Waals surface area contributed by atoms with Crippen LogP contribution in [0.15, 0.2) is 93.4 Å². The number of carbonyl (C=O) groups excluding carboxylic acids is 1. The van der Waals surface area contributed by atoms with Crippen molar-refractivity contribution in [3.05, 3.63) is 122 Å². The zero-order chi connectivity index (χ0) is 29.4. The third kappa shape index (κ3) is 5.20. The van der Waals surface area contributed by atoms with E-state index < -0.39 is 23.1 Å². The van der Waals surface area contributed by atoms with Crippen LogP contribution in [-0.2, 0) is 17.9 Å². The Bertz CT molecular complexity index is 1790. The van der Waals surface area contributed by atoms with Crippen molar-refractivity contribution in [3.63, 3.8) is 0 Å². The molecule has 0 radical (unpaired) electrons. The first-order chi connectivity index (χ1) is 20.2. The summed E-state index contributed by atoms with van der Waals surface area (Å²) in [4.78, 5) is 47.9. The van der Waals surface area contributed by atoms with Gasteiger partial charge in [-0.1, -0.05) is 80.6 Å². The summed E-state index contributed by atoms with van der Waals surface area (Å²) < 4.78 is 13.3. The van der Waals surface area contributed by atoms with Gasteiger partial charge in [-0.15, -0.1) is 0 Å². The molecule has 8 heteroatoms. The van der Waals surface area contributed by atoms with Crippen LogP contribution in [0.5, 0.6) is 11.5 Å². The zero-order valence-corrected chi connectivity index (χ0v) is 23.9. The number of methoxy groups -OCH3 is 1. The molecule has 2 atom stereocenters. The Kier molecular flexibility index (Phi) is 7.14. The van der Waals surface area contributed by atoms with Crippen LogP contribution in [0.4, 0.5) is 5.82 Å². The van der Waals surface area contributed by atoms with Crippen LogP contribution in [0.3, 0.4) is 0 Å². The molecule has 0 spiro atoms. The molecule has 0 bridgehead atoms. The molecule has 1 saturated carbocycles. The molecule has 1 aliphatic carbocycles. The smallest absolute Gasteiger partial charge is 0.330 e. The third-order valence-electron chi connectivity index (χ3n) is 8.09. The highest BCUT2D eigenvalue weighted by atomic mass is 16.5. The summed E-state index contributed by atoms with van der Waals surface area (Å²) in [5.74, 6) is 0.123. The Morgan fingerprint density at radius 1 is 0.881 bits per heavy atom. The maximum absolute atomic E-state index is 13.8. The van der Waals surface area contributed by atoms with E-state index >= 15 is 0 Å². The van der Waals surface area contributed by atoms with Crippen molar-refractivity contribution in [2.45, 2.75) is 45.8 Å². The second-order valence-corrected chi connectivity index (χ2v) is 11.8. The fourth-order valence-electron chi connectivity index (χ4n) is 6.20. The van der Waals surface area contributed by atoms with E-state index in [-0.39, 0.29) is 17.7 Å². The molecular formula is C34H33N3O5. The van der Waals surface area contributed by atoms with Crippen LogP contribution in [0.1, 0.15) is 54.9 Å². The molecule has 1 N–H and O–H groups in total. The predicted octanol–water partition coefficient (Wildman–Crippen LogP) is 5.40. The second kappa shape index (κ2) is 10.9. The van der Waals surface area contributed by atoms with Gasteiger partial charge >= 0.3 is 5.69 Å². The number of rotatable bonds is 7. The maximum atomic E-state index is 13.8. The summed E-state index contributed by atoms with van der Waals surface area (Å²) in [5, 5.41) is 0. The first-order valence-electron chi connectivity index (χ1n) is 14.1. The largest absolute Gasteiger partial charge is 0.493 e. The summed E-state index contributed by atoms with van der Waals surface area (Å²) >= 11 is 0. The molecule has 0 amide bonds. The van der Waals surface area contributed by atoms with Crippen LogP contribution in [0, 0.1) is 11.3 Å². The van der Waals surface area contributed by atoms with Crippen LogP contribution in [-0.4, -0.2) is 28.2 Å². The summed E-state index contributed by atoms with van der Waals surface area (Å²) in [6.45, 7) is 4.69. The second-order valence-electron chi connectivity index (χ2n) is 11.8. The van der Waals surface area contributed by atoms with E-state index in [1.165, 1.54) is 4.57 Å². The summed E-state index contributed by atoms with van der Waals surface area (Å²) in [7, 11) is 1.56. The van der Waals surface area contributed by atoms with Crippen molar-refractivity contribution < 1.29 is 14.3 Å². The number of hydrogen-bond acceptors (Lipinski definition) is 6.